The molecule has 3 nitrogen and oxygen atoms in total. The van der Waals surface area contributed by atoms with Gasteiger partial charge in [-0.3, -0.25) is 9.59 Å². The summed E-state index contributed by atoms with van der Waals surface area (Å²) in [5.41, 5.74) is 2.09. The fourth-order valence-electron chi connectivity index (χ4n) is 2.17. The van der Waals surface area contributed by atoms with Crippen LogP contribution in [0.5, 0.6) is 0 Å². The summed E-state index contributed by atoms with van der Waals surface area (Å²) in [4.78, 5) is 24.4. The Morgan fingerprint density at radius 1 is 1.09 bits per heavy atom. The van der Waals surface area contributed by atoms with Gasteiger partial charge in [-0.05, 0) is 30.2 Å². The van der Waals surface area contributed by atoms with Crippen LogP contribution in [0.1, 0.15) is 36.2 Å². The summed E-state index contributed by atoms with van der Waals surface area (Å²) in [5, 5.41) is 3.28. The first-order valence-corrected chi connectivity index (χ1v) is 8.02. The zero-order valence-electron chi connectivity index (χ0n) is 13.3. The molecule has 0 bridgehead atoms. The second kappa shape index (κ2) is 7.93. The van der Waals surface area contributed by atoms with Crippen molar-refractivity contribution in [1.29, 1.82) is 0 Å². The van der Waals surface area contributed by atoms with Crippen molar-refractivity contribution in [2.24, 2.45) is 5.92 Å². The number of amides is 1. The van der Waals surface area contributed by atoms with Crippen LogP contribution in [0, 0.1) is 5.92 Å². The van der Waals surface area contributed by atoms with E-state index in [2.05, 4.69) is 5.32 Å². The minimum Gasteiger partial charge on any atom is -0.325 e. The molecule has 0 spiro atoms. The summed E-state index contributed by atoms with van der Waals surface area (Å²) >= 11 is 6.01. The number of aryl methyl sites for hydroxylation is 1. The quantitative estimate of drug-likeness (QED) is 0.777. The molecule has 2 rings (SSSR count). The molecule has 1 N–H and O–H groups in total. The highest BCUT2D eigenvalue weighted by Crippen LogP contribution is 2.23. The average molecular weight is 330 g/mol. The minimum absolute atomic E-state index is 0.0320. The van der Waals surface area contributed by atoms with E-state index in [9.17, 15) is 9.59 Å². The van der Waals surface area contributed by atoms with Crippen LogP contribution in [0.15, 0.2) is 48.5 Å². The largest absolute Gasteiger partial charge is 0.325 e. The van der Waals surface area contributed by atoms with Gasteiger partial charge < -0.3 is 5.32 Å². The third-order valence-electron chi connectivity index (χ3n) is 3.55. The molecule has 0 fully saturated rings. The Hall–Kier alpha value is -2.13. The number of nitrogens with one attached hydrogen (secondary N) is 1. The first-order valence-electron chi connectivity index (χ1n) is 7.65. The summed E-state index contributed by atoms with van der Waals surface area (Å²) in [5.74, 6) is -0.308. The van der Waals surface area contributed by atoms with Gasteiger partial charge in [0.05, 0.1) is 5.69 Å². The second-order valence-electron chi connectivity index (χ2n) is 5.74. The lowest BCUT2D eigenvalue weighted by molar-refractivity contribution is -0.118. The lowest BCUT2D eigenvalue weighted by Crippen LogP contribution is -2.19. The van der Waals surface area contributed by atoms with Gasteiger partial charge in [-0.15, -0.1) is 0 Å². The van der Waals surface area contributed by atoms with Crippen LogP contribution in [0.2, 0.25) is 5.02 Å². The minimum atomic E-state index is -0.155. The summed E-state index contributed by atoms with van der Waals surface area (Å²) in [6.07, 6.45) is 1.03. The Balaban J connectivity index is 2.15. The van der Waals surface area contributed by atoms with Gasteiger partial charge in [0.25, 0.3) is 0 Å². The number of ketones is 1. The molecule has 0 aliphatic carbocycles. The van der Waals surface area contributed by atoms with Crippen molar-refractivity contribution in [2.75, 3.05) is 5.32 Å². The van der Waals surface area contributed by atoms with Gasteiger partial charge >= 0.3 is 0 Å². The standard InChI is InChI=1S/C19H20ClNO2/c1-13(2)19(23)21-17-10-9-15(20)12-16(17)18(22)11-8-14-6-4-3-5-7-14/h3-7,9-10,12-13H,8,11H2,1-2H3,(H,21,23). The first-order chi connectivity index (χ1) is 11.0. The maximum Gasteiger partial charge on any atom is 0.226 e. The van der Waals surface area contributed by atoms with E-state index in [1.807, 2.05) is 44.2 Å². The molecule has 0 aliphatic heterocycles. The molecule has 2 aromatic carbocycles. The summed E-state index contributed by atoms with van der Waals surface area (Å²) in [7, 11) is 0. The van der Waals surface area contributed by atoms with Crippen LogP contribution in [0.4, 0.5) is 5.69 Å². The highest BCUT2D eigenvalue weighted by molar-refractivity contribution is 6.31. The molecule has 1 amide bonds. The molecular formula is C19H20ClNO2. The van der Waals surface area contributed by atoms with E-state index in [-0.39, 0.29) is 17.6 Å². The van der Waals surface area contributed by atoms with Gasteiger partial charge in [0.2, 0.25) is 5.91 Å². The third-order valence-corrected chi connectivity index (χ3v) is 3.78. The molecule has 120 valence electrons. The highest BCUT2D eigenvalue weighted by Gasteiger charge is 2.15. The van der Waals surface area contributed by atoms with E-state index in [1.54, 1.807) is 18.2 Å². The van der Waals surface area contributed by atoms with Crippen LogP contribution in [-0.2, 0) is 11.2 Å². The number of carbonyl (C=O) groups excluding carboxylic acids is 2. The molecule has 0 atom stereocenters. The number of benzene rings is 2. The Morgan fingerprint density at radius 3 is 2.43 bits per heavy atom. The van der Waals surface area contributed by atoms with Crippen LogP contribution in [0.3, 0.4) is 0 Å². The molecule has 0 aromatic heterocycles. The summed E-state index contributed by atoms with van der Waals surface area (Å²) in [6.45, 7) is 3.62. The predicted octanol–water partition coefficient (Wildman–Crippen LogP) is 4.75. The van der Waals surface area contributed by atoms with E-state index in [0.29, 0.717) is 29.1 Å². The molecular weight excluding hydrogens is 310 g/mol. The second-order valence-corrected chi connectivity index (χ2v) is 6.18. The average Bonchev–Trinajstić information content (AvgIpc) is 2.55. The number of hydrogen-bond donors (Lipinski definition) is 1. The van der Waals surface area contributed by atoms with Crippen LogP contribution in [-0.4, -0.2) is 11.7 Å². The maximum atomic E-state index is 12.5. The number of hydrogen-bond acceptors (Lipinski definition) is 2. The van der Waals surface area contributed by atoms with Crippen molar-refractivity contribution in [1.82, 2.24) is 0 Å². The van der Waals surface area contributed by atoms with Gasteiger partial charge in [-0.1, -0.05) is 55.8 Å². The molecule has 0 unspecified atom stereocenters. The summed E-state index contributed by atoms with van der Waals surface area (Å²) < 4.78 is 0. The number of rotatable bonds is 6. The zero-order valence-corrected chi connectivity index (χ0v) is 14.1. The third kappa shape index (κ3) is 4.93. The van der Waals surface area contributed by atoms with E-state index in [4.69, 9.17) is 11.6 Å². The van der Waals surface area contributed by atoms with Crippen molar-refractivity contribution >= 4 is 29.0 Å². The molecule has 0 aliphatic rings. The number of anilines is 1. The Kier molecular flexibility index (Phi) is 5.94. The normalized spacial score (nSPS) is 10.6. The highest BCUT2D eigenvalue weighted by atomic mass is 35.5. The Bertz CT molecular complexity index is 696. The fraction of sp³-hybridized carbons (Fsp3) is 0.263. The van der Waals surface area contributed by atoms with E-state index >= 15 is 0 Å². The molecule has 0 saturated carbocycles. The van der Waals surface area contributed by atoms with Crippen molar-refractivity contribution < 1.29 is 9.59 Å². The first kappa shape index (κ1) is 17.2. The number of halogens is 1. The van der Waals surface area contributed by atoms with Gasteiger partial charge in [-0.2, -0.15) is 0 Å². The van der Waals surface area contributed by atoms with Crippen LogP contribution in [0.25, 0.3) is 0 Å². The van der Waals surface area contributed by atoms with Crippen LogP contribution >= 0.6 is 11.6 Å². The van der Waals surface area contributed by atoms with E-state index in [0.717, 1.165) is 5.56 Å². The van der Waals surface area contributed by atoms with Crippen molar-refractivity contribution in [3.8, 4) is 0 Å². The summed E-state index contributed by atoms with van der Waals surface area (Å²) in [6, 6.07) is 14.8. The molecule has 4 heteroatoms. The van der Waals surface area contributed by atoms with E-state index < -0.39 is 0 Å². The van der Waals surface area contributed by atoms with Gasteiger partial charge in [-0.25, -0.2) is 0 Å². The Morgan fingerprint density at radius 2 is 1.78 bits per heavy atom. The van der Waals surface area contributed by atoms with Crippen molar-refractivity contribution in [3.05, 3.63) is 64.7 Å². The number of carbonyl (C=O) groups is 2. The van der Waals surface area contributed by atoms with Crippen molar-refractivity contribution in [2.45, 2.75) is 26.7 Å². The van der Waals surface area contributed by atoms with Gasteiger partial charge in [0, 0.05) is 22.9 Å². The van der Waals surface area contributed by atoms with Gasteiger partial charge in [0.15, 0.2) is 5.78 Å². The fourth-order valence-corrected chi connectivity index (χ4v) is 2.34. The molecule has 2 aromatic rings. The number of Topliss-reactive ketones (excluding diaryl/α,β-unsaturated/α-hetero) is 1. The Labute approximate surface area is 141 Å². The smallest absolute Gasteiger partial charge is 0.226 e. The SMILES string of the molecule is CC(C)C(=O)Nc1ccc(Cl)cc1C(=O)CCc1ccccc1. The van der Waals surface area contributed by atoms with Crippen molar-refractivity contribution in [3.63, 3.8) is 0 Å². The zero-order chi connectivity index (χ0) is 16.8. The lowest BCUT2D eigenvalue weighted by atomic mass is 10.0. The predicted molar refractivity (Wildman–Crippen MR) is 94.0 cm³/mol. The van der Waals surface area contributed by atoms with E-state index in [1.165, 1.54) is 0 Å². The molecule has 0 heterocycles. The molecule has 0 saturated heterocycles. The topological polar surface area (TPSA) is 46.2 Å². The monoisotopic (exact) mass is 329 g/mol. The van der Waals surface area contributed by atoms with Gasteiger partial charge in [0.1, 0.15) is 0 Å². The lowest BCUT2D eigenvalue weighted by Gasteiger charge is -2.12. The molecule has 0 radical (unpaired) electrons. The molecule has 23 heavy (non-hydrogen) atoms. The maximum absolute atomic E-state index is 12.5. The van der Waals surface area contributed by atoms with Crippen LogP contribution < -0.4 is 5.32 Å².